The van der Waals surface area contributed by atoms with Crippen molar-refractivity contribution in [2.75, 3.05) is 6.54 Å². The van der Waals surface area contributed by atoms with Crippen molar-refractivity contribution in [3.8, 4) is 0 Å². The SMILES string of the molecule is CCNC(c1cccc(F)c1)c1ccc(C)cc1Cl. The van der Waals surface area contributed by atoms with Crippen molar-refractivity contribution < 1.29 is 4.39 Å². The topological polar surface area (TPSA) is 12.0 Å². The summed E-state index contributed by atoms with van der Waals surface area (Å²) in [5, 5.41) is 4.06. The van der Waals surface area contributed by atoms with E-state index in [-0.39, 0.29) is 11.9 Å². The first-order valence-electron chi connectivity index (χ1n) is 6.36. The van der Waals surface area contributed by atoms with Crippen LogP contribution < -0.4 is 5.32 Å². The van der Waals surface area contributed by atoms with Gasteiger partial charge in [-0.2, -0.15) is 0 Å². The van der Waals surface area contributed by atoms with Crippen LogP contribution in [0.5, 0.6) is 0 Å². The molecule has 2 aromatic carbocycles. The predicted molar refractivity (Wildman–Crippen MR) is 78.1 cm³/mol. The molecule has 0 bridgehead atoms. The van der Waals surface area contributed by atoms with Gasteiger partial charge in [-0.3, -0.25) is 0 Å². The Labute approximate surface area is 118 Å². The van der Waals surface area contributed by atoms with Gasteiger partial charge in [-0.1, -0.05) is 42.8 Å². The van der Waals surface area contributed by atoms with Crippen LogP contribution in [0.2, 0.25) is 5.02 Å². The standard InChI is InChI=1S/C16H17ClFN/c1-3-19-16(12-5-4-6-13(18)10-12)14-8-7-11(2)9-15(14)17/h4-10,16,19H,3H2,1-2H3. The second-order valence-electron chi connectivity index (χ2n) is 4.57. The molecule has 0 aromatic heterocycles. The molecule has 0 fully saturated rings. The van der Waals surface area contributed by atoms with Gasteiger partial charge in [0.05, 0.1) is 6.04 Å². The Hall–Kier alpha value is -1.38. The summed E-state index contributed by atoms with van der Waals surface area (Å²) in [5.41, 5.74) is 2.97. The lowest BCUT2D eigenvalue weighted by Crippen LogP contribution is -2.22. The van der Waals surface area contributed by atoms with Crippen molar-refractivity contribution in [3.05, 3.63) is 70.0 Å². The maximum Gasteiger partial charge on any atom is 0.123 e. The zero-order valence-electron chi connectivity index (χ0n) is 11.1. The van der Waals surface area contributed by atoms with Crippen molar-refractivity contribution in [2.45, 2.75) is 19.9 Å². The monoisotopic (exact) mass is 277 g/mol. The first kappa shape index (κ1) is 14.0. The van der Waals surface area contributed by atoms with Gasteiger partial charge in [-0.25, -0.2) is 4.39 Å². The molecule has 1 N–H and O–H groups in total. The van der Waals surface area contributed by atoms with Crippen LogP contribution in [0, 0.1) is 12.7 Å². The van der Waals surface area contributed by atoms with E-state index in [4.69, 9.17) is 11.6 Å². The van der Waals surface area contributed by atoms with Gasteiger partial charge in [-0.05, 0) is 48.4 Å². The Kier molecular flexibility index (Phi) is 4.56. The highest BCUT2D eigenvalue weighted by molar-refractivity contribution is 6.31. The van der Waals surface area contributed by atoms with Crippen molar-refractivity contribution in [2.24, 2.45) is 0 Å². The Balaban J connectivity index is 2.45. The molecular weight excluding hydrogens is 261 g/mol. The average molecular weight is 278 g/mol. The molecule has 0 aliphatic rings. The summed E-state index contributed by atoms with van der Waals surface area (Å²) >= 11 is 6.32. The quantitative estimate of drug-likeness (QED) is 0.868. The van der Waals surface area contributed by atoms with Crippen molar-refractivity contribution in [3.63, 3.8) is 0 Å². The summed E-state index contributed by atoms with van der Waals surface area (Å²) in [6.07, 6.45) is 0. The molecule has 0 spiro atoms. The highest BCUT2D eigenvalue weighted by Gasteiger charge is 2.16. The van der Waals surface area contributed by atoms with Crippen LogP contribution in [-0.4, -0.2) is 6.54 Å². The molecule has 2 aromatic rings. The van der Waals surface area contributed by atoms with E-state index in [1.54, 1.807) is 12.1 Å². The first-order chi connectivity index (χ1) is 9.11. The van der Waals surface area contributed by atoms with E-state index in [0.717, 1.165) is 23.2 Å². The highest BCUT2D eigenvalue weighted by atomic mass is 35.5. The van der Waals surface area contributed by atoms with Gasteiger partial charge in [0.25, 0.3) is 0 Å². The number of nitrogens with one attached hydrogen (secondary N) is 1. The average Bonchev–Trinajstić information content (AvgIpc) is 2.37. The summed E-state index contributed by atoms with van der Waals surface area (Å²) in [5.74, 6) is -0.233. The van der Waals surface area contributed by atoms with Crippen LogP contribution in [-0.2, 0) is 0 Å². The zero-order chi connectivity index (χ0) is 13.8. The molecule has 19 heavy (non-hydrogen) atoms. The second-order valence-corrected chi connectivity index (χ2v) is 4.98. The fourth-order valence-corrected chi connectivity index (χ4v) is 2.51. The molecule has 3 heteroatoms. The molecule has 0 heterocycles. The summed E-state index contributed by atoms with van der Waals surface area (Å²) in [4.78, 5) is 0. The summed E-state index contributed by atoms with van der Waals surface area (Å²) < 4.78 is 13.4. The molecule has 1 unspecified atom stereocenters. The predicted octanol–water partition coefficient (Wildman–Crippen LogP) is 4.49. The van der Waals surface area contributed by atoms with Gasteiger partial charge < -0.3 is 5.32 Å². The van der Waals surface area contributed by atoms with Crippen LogP contribution in [0.15, 0.2) is 42.5 Å². The van der Waals surface area contributed by atoms with Gasteiger partial charge >= 0.3 is 0 Å². The van der Waals surface area contributed by atoms with Crippen LogP contribution in [0.1, 0.15) is 29.7 Å². The van der Waals surface area contributed by atoms with Crippen molar-refractivity contribution in [1.29, 1.82) is 0 Å². The highest BCUT2D eigenvalue weighted by Crippen LogP contribution is 2.29. The van der Waals surface area contributed by atoms with E-state index in [1.165, 1.54) is 6.07 Å². The lowest BCUT2D eigenvalue weighted by Gasteiger charge is -2.20. The number of benzene rings is 2. The summed E-state index contributed by atoms with van der Waals surface area (Å²) in [6.45, 7) is 4.81. The van der Waals surface area contributed by atoms with E-state index < -0.39 is 0 Å². The van der Waals surface area contributed by atoms with E-state index in [9.17, 15) is 4.39 Å². The third-order valence-corrected chi connectivity index (χ3v) is 3.38. The maximum absolute atomic E-state index is 13.4. The minimum atomic E-state index is -0.233. The minimum absolute atomic E-state index is 0.0891. The van der Waals surface area contributed by atoms with E-state index in [1.807, 2.05) is 38.1 Å². The lowest BCUT2D eigenvalue weighted by molar-refractivity contribution is 0.603. The Morgan fingerprint density at radius 1 is 1.21 bits per heavy atom. The van der Waals surface area contributed by atoms with E-state index in [0.29, 0.717) is 5.02 Å². The molecule has 0 saturated carbocycles. The Morgan fingerprint density at radius 2 is 2.00 bits per heavy atom. The number of halogens is 2. The fourth-order valence-electron chi connectivity index (χ4n) is 2.16. The molecule has 0 saturated heterocycles. The lowest BCUT2D eigenvalue weighted by atomic mass is 9.97. The number of aryl methyl sites for hydroxylation is 1. The zero-order valence-corrected chi connectivity index (χ0v) is 11.8. The fraction of sp³-hybridized carbons (Fsp3) is 0.250. The van der Waals surface area contributed by atoms with E-state index in [2.05, 4.69) is 5.32 Å². The third kappa shape index (κ3) is 3.34. The van der Waals surface area contributed by atoms with Gasteiger partial charge in [0.2, 0.25) is 0 Å². The van der Waals surface area contributed by atoms with Crippen molar-refractivity contribution >= 4 is 11.6 Å². The molecule has 100 valence electrons. The van der Waals surface area contributed by atoms with Gasteiger partial charge in [0.15, 0.2) is 0 Å². The van der Waals surface area contributed by atoms with Gasteiger partial charge in [0, 0.05) is 5.02 Å². The van der Waals surface area contributed by atoms with Crippen LogP contribution in [0.25, 0.3) is 0 Å². The number of rotatable bonds is 4. The third-order valence-electron chi connectivity index (χ3n) is 3.06. The molecular formula is C16H17ClFN. The summed E-state index contributed by atoms with van der Waals surface area (Å²) in [6, 6.07) is 12.5. The molecule has 2 rings (SSSR count). The molecule has 1 nitrogen and oxygen atoms in total. The molecule has 0 radical (unpaired) electrons. The number of hydrogen-bond acceptors (Lipinski definition) is 1. The van der Waals surface area contributed by atoms with Gasteiger partial charge in [-0.15, -0.1) is 0 Å². The molecule has 0 aliphatic carbocycles. The Bertz CT molecular complexity index is 568. The molecule has 0 aliphatic heterocycles. The van der Waals surface area contributed by atoms with Crippen molar-refractivity contribution in [1.82, 2.24) is 5.32 Å². The second kappa shape index (κ2) is 6.18. The smallest absolute Gasteiger partial charge is 0.123 e. The van der Waals surface area contributed by atoms with E-state index >= 15 is 0 Å². The largest absolute Gasteiger partial charge is 0.306 e. The number of hydrogen-bond donors (Lipinski definition) is 1. The summed E-state index contributed by atoms with van der Waals surface area (Å²) in [7, 11) is 0. The van der Waals surface area contributed by atoms with Crippen LogP contribution in [0.3, 0.4) is 0 Å². The van der Waals surface area contributed by atoms with Crippen LogP contribution >= 0.6 is 11.6 Å². The van der Waals surface area contributed by atoms with Crippen LogP contribution in [0.4, 0.5) is 4.39 Å². The maximum atomic E-state index is 13.4. The minimum Gasteiger partial charge on any atom is -0.306 e. The molecule has 0 amide bonds. The molecule has 1 atom stereocenters. The Morgan fingerprint density at radius 3 is 2.63 bits per heavy atom. The van der Waals surface area contributed by atoms with Gasteiger partial charge in [0.1, 0.15) is 5.82 Å². The first-order valence-corrected chi connectivity index (χ1v) is 6.74. The normalized spacial score (nSPS) is 12.4.